The van der Waals surface area contributed by atoms with Gasteiger partial charge in [-0.2, -0.15) is 28.6 Å². The highest BCUT2D eigenvalue weighted by Gasteiger charge is 2.38. The fourth-order valence-electron chi connectivity index (χ4n) is 2.90. The van der Waals surface area contributed by atoms with Crippen LogP contribution in [0.4, 0.5) is 17.6 Å². The van der Waals surface area contributed by atoms with E-state index < -0.39 is 11.9 Å². The third-order valence-corrected chi connectivity index (χ3v) is 4.31. The van der Waals surface area contributed by atoms with Crippen LogP contribution in [0.2, 0.25) is 0 Å². The van der Waals surface area contributed by atoms with Crippen LogP contribution in [0.25, 0.3) is 22.6 Å². The number of aromatic amines is 1. The van der Waals surface area contributed by atoms with Gasteiger partial charge in [0.1, 0.15) is 17.2 Å². The number of rotatable bonds is 4. The Morgan fingerprint density at radius 3 is 2.62 bits per heavy atom. The predicted octanol–water partition coefficient (Wildman–Crippen LogP) is 4.24. The molecule has 148 valence electrons. The zero-order valence-electron chi connectivity index (χ0n) is 15.1. The Kier molecular flexibility index (Phi) is 4.61. The number of halogens is 4. The molecule has 3 heterocycles. The van der Waals surface area contributed by atoms with E-state index in [1.165, 1.54) is 30.7 Å². The zero-order chi connectivity index (χ0) is 20.6. The van der Waals surface area contributed by atoms with E-state index in [2.05, 4.69) is 20.2 Å². The quantitative estimate of drug-likeness (QED) is 0.518. The first-order valence-corrected chi connectivity index (χ1v) is 8.53. The number of nitrogens with zero attached hydrogens (tertiary/aromatic N) is 5. The Hall–Kier alpha value is -3.56. The number of alkyl halides is 3. The number of aromatic nitrogens is 6. The Bertz CT molecular complexity index is 1160. The molecule has 0 saturated heterocycles. The summed E-state index contributed by atoms with van der Waals surface area (Å²) in [5.41, 5.74) is 0.911. The Morgan fingerprint density at radius 1 is 1.03 bits per heavy atom. The summed E-state index contributed by atoms with van der Waals surface area (Å²) in [7, 11) is 0. The van der Waals surface area contributed by atoms with E-state index in [1.807, 2.05) is 11.3 Å². The molecule has 0 amide bonds. The molecule has 29 heavy (non-hydrogen) atoms. The van der Waals surface area contributed by atoms with Gasteiger partial charge in [-0.3, -0.25) is 4.98 Å². The van der Waals surface area contributed by atoms with Crippen LogP contribution >= 0.6 is 0 Å². The monoisotopic (exact) mass is 402 g/mol. The van der Waals surface area contributed by atoms with Crippen LogP contribution < -0.4 is 0 Å². The van der Waals surface area contributed by atoms with Gasteiger partial charge in [-0.15, -0.1) is 0 Å². The maximum atomic E-state index is 14.1. The maximum Gasteiger partial charge on any atom is 0.437 e. The molecule has 4 rings (SSSR count). The fraction of sp³-hybridized carbons (Fsp3) is 0.158. The highest BCUT2D eigenvalue weighted by Crippen LogP contribution is 2.34. The van der Waals surface area contributed by atoms with Crippen molar-refractivity contribution in [3.63, 3.8) is 0 Å². The lowest BCUT2D eigenvalue weighted by molar-refractivity contribution is -0.140. The van der Waals surface area contributed by atoms with E-state index in [9.17, 15) is 17.6 Å². The first kappa shape index (κ1) is 18.8. The number of pyridine rings is 1. The van der Waals surface area contributed by atoms with E-state index >= 15 is 0 Å². The molecule has 4 aromatic rings. The lowest BCUT2D eigenvalue weighted by atomic mass is 10.1. The molecule has 0 aliphatic rings. The molecule has 0 aliphatic heterocycles. The summed E-state index contributed by atoms with van der Waals surface area (Å²) in [5, 5.41) is 8.82. The van der Waals surface area contributed by atoms with Crippen molar-refractivity contribution in [1.82, 2.24) is 29.9 Å². The molecule has 10 heteroatoms. The van der Waals surface area contributed by atoms with Crippen molar-refractivity contribution in [2.75, 3.05) is 0 Å². The van der Waals surface area contributed by atoms with E-state index in [-0.39, 0.29) is 23.6 Å². The standard InChI is InChI=1S/C19H14F4N6/c1-11-2-3-13(14(20)6-11)8-29-9-16(25-10-29)15-7-12(4-5-24-15)17-18(19(21,22)23)27-28-26-17/h2-7,9-10H,8H2,1H3,(H,26,27,28). The Labute approximate surface area is 162 Å². The third kappa shape index (κ3) is 3.86. The van der Waals surface area contributed by atoms with Crippen LogP contribution in [0, 0.1) is 12.7 Å². The van der Waals surface area contributed by atoms with Crippen LogP contribution in [0.5, 0.6) is 0 Å². The number of nitrogens with one attached hydrogen (secondary N) is 1. The van der Waals surface area contributed by atoms with Gasteiger partial charge >= 0.3 is 6.18 Å². The van der Waals surface area contributed by atoms with Crippen molar-refractivity contribution in [3.05, 3.63) is 71.7 Å². The molecule has 1 N–H and O–H groups in total. The van der Waals surface area contributed by atoms with Gasteiger partial charge in [-0.25, -0.2) is 9.37 Å². The second kappa shape index (κ2) is 7.12. The summed E-state index contributed by atoms with van der Waals surface area (Å²) >= 11 is 0. The number of H-pyrrole nitrogens is 1. The predicted molar refractivity (Wildman–Crippen MR) is 96.1 cm³/mol. The minimum absolute atomic E-state index is 0.204. The van der Waals surface area contributed by atoms with Crippen LogP contribution in [-0.2, 0) is 12.7 Å². The van der Waals surface area contributed by atoms with Gasteiger partial charge in [0.25, 0.3) is 0 Å². The van der Waals surface area contributed by atoms with Crippen molar-refractivity contribution >= 4 is 0 Å². The van der Waals surface area contributed by atoms with Crippen molar-refractivity contribution in [2.45, 2.75) is 19.6 Å². The molecule has 0 radical (unpaired) electrons. The minimum Gasteiger partial charge on any atom is -0.332 e. The zero-order valence-corrected chi connectivity index (χ0v) is 15.1. The van der Waals surface area contributed by atoms with Gasteiger partial charge in [-0.1, -0.05) is 12.1 Å². The lowest BCUT2D eigenvalue weighted by Crippen LogP contribution is -2.07. The first-order valence-electron chi connectivity index (χ1n) is 8.53. The van der Waals surface area contributed by atoms with E-state index in [0.29, 0.717) is 17.0 Å². The molecule has 3 aromatic heterocycles. The molecule has 6 nitrogen and oxygen atoms in total. The van der Waals surface area contributed by atoms with Crippen LogP contribution in [0.3, 0.4) is 0 Å². The van der Waals surface area contributed by atoms with Gasteiger partial charge in [0.2, 0.25) is 0 Å². The van der Waals surface area contributed by atoms with Crippen LogP contribution in [0.1, 0.15) is 16.8 Å². The highest BCUT2D eigenvalue weighted by atomic mass is 19.4. The average Bonchev–Trinajstić information content (AvgIpc) is 3.33. The number of imidazole rings is 1. The minimum atomic E-state index is -4.63. The van der Waals surface area contributed by atoms with Gasteiger partial charge < -0.3 is 4.57 Å². The summed E-state index contributed by atoms with van der Waals surface area (Å²) in [6, 6.07) is 7.83. The van der Waals surface area contributed by atoms with Gasteiger partial charge in [0.15, 0.2) is 5.69 Å². The fourth-order valence-corrected chi connectivity index (χ4v) is 2.90. The Morgan fingerprint density at radius 2 is 1.86 bits per heavy atom. The summed E-state index contributed by atoms with van der Waals surface area (Å²) in [6.07, 6.45) is -0.0945. The molecule has 0 unspecified atom stereocenters. The molecular weight excluding hydrogens is 388 g/mol. The molecule has 1 aromatic carbocycles. The maximum absolute atomic E-state index is 14.1. The van der Waals surface area contributed by atoms with Gasteiger partial charge in [0, 0.05) is 23.5 Å². The average molecular weight is 402 g/mol. The van der Waals surface area contributed by atoms with Crippen LogP contribution in [-0.4, -0.2) is 29.9 Å². The molecule has 0 aliphatic carbocycles. The van der Waals surface area contributed by atoms with Crippen molar-refractivity contribution in [3.8, 4) is 22.6 Å². The summed E-state index contributed by atoms with van der Waals surface area (Å²) < 4.78 is 55.0. The lowest BCUT2D eigenvalue weighted by Gasteiger charge is -2.06. The molecular formula is C19H14F4N6. The number of hydrogen-bond acceptors (Lipinski definition) is 4. The van der Waals surface area contributed by atoms with Gasteiger partial charge in [0.05, 0.1) is 18.6 Å². The number of aryl methyl sites for hydroxylation is 1. The third-order valence-electron chi connectivity index (χ3n) is 4.31. The highest BCUT2D eigenvalue weighted by molar-refractivity contribution is 5.67. The second-order valence-electron chi connectivity index (χ2n) is 6.47. The SMILES string of the molecule is Cc1ccc(Cn2cnc(-c3cc(-c4n[nH]nc4C(F)(F)F)ccn3)c2)c(F)c1. The molecule has 0 saturated carbocycles. The number of benzene rings is 1. The molecule has 0 fully saturated rings. The summed E-state index contributed by atoms with van der Waals surface area (Å²) in [6.45, 7) is 2.07. The van der Waals surface area contributed by atoms with E-state index in [4.69, 9.17) is 0 Å². The summed E-state index contributed by atoms with van der Waals surface area (Å²) in [5.74, 6) is -0.314. The van der Waals surface area contributed by atoms with Crippen LogP contribution in [0.15, 0.2) is 49.1 Å². The molecule has 0 bridgehead atoms. The molecule has 0 atom stereocenters. The normalized spacial score (nSPS) is 11.8. The molecule has 0 spiro atoms. The van der Waals surface area contributed by atoms with Gasteiger partial charge in [-0.05, 0) is 30.7 Å². The smallest absolute Gasteiger partial charge is 0.332 e. The van der Waals surface area contributed by atoms with Crippen molar-refractivity contribution < 1.29 is 17.6 Å². The summed E-state index contributed by atoms with van der Waals surface area (Å²) in [4.78, 5) is 8.41. The second-order valence-corrected chi connectivity index (χ2v) is 6.47. The Balaban J connectivity index is 1.62. The van der Waals surface area contributed by atoms with Crippen molar-refractivity contribution in [2.24, 2.45) is 0 Å². The first-order chi connectivity index (χ1) is 13.8. The number of hydrogen-bond donors (Lipinski definition) is 1. The topological polar surface area (TPSA) is 72.3 Å². The van der Waals surface area contributed by atoms with E-state index in [1.54, 1.807) is 23.8 Å². The van der Waals surface area contributed by atoms with E-state index in [0.717, 1.165) is 5.56 Å². The van der Waals surface area contributed by atoms with Crippen molar-refractivity contribution in [1.29, 1.82) is 0 Å². The largest absolute Gasteiger partial charge is 0.437 e.